The molecule has 0 aliphatic heterocycles. The van der Waals surface area contributed by atoms with Crippen LogP contribution in [-0.2, 0) is 36.7 Å². The van der Waals surface area contributed by atoms with Gasteiger partial charge < -0.3 is 13.9 Å². The first kappa shape index (κ1) is 42.0. The van der Waals surface area contributed by atoms with Crippen LogP contribution in [-0.4, -0.2) is 15.9 Å². The third-order valence-electron chi connectivity index (χ3n) is 11.6. The molecule has 6 heteroatoms. The molecule has 0 bridgehead atoms. The Kier molecular flexibility index (Phi) is 12.9. The van der Waals surface area contributed by atoms with Gasteiger partial charge in [0.1, 0.15) is 17.1 Å². The van der Waals surface area contributed by atoms with E-state index in [1.165, 1.54) is 22.6 Å². The van der Waals surface area contributed by atoms with Gasteiger partial charge in [0.15, 0.2) is 16.9 Å². The van der Waals surface area contributed by atoms with Gasteiger partial charge in [0.2, 0.25) is 0 Å². The zero-order chi connectivity index (χ0) is 38.2. The van der Waals surface area contributed by atoms with Crippen LogP contribution >= 0.6 is 0 Å². The number of pyridine rings is 1. The first-order chi connectivity index (χ1) is 24.5. The maximum atomic E-state index is 12.2. The van der Waals surface area contributed by atoms with Crippen LogP contribution in [0.15, 0.2) is 75.4 Å². The largest absolute Gasteiger partial charge is 0.512 e. The van der Waals surface area contributed by atoms with Crippen molar-refractivity contribution in [2.45, 2.75) is 121 Å². The van der Waals surface area contributed by atoms with E-state index in [2.05, 4.69) is 90.1 Å². The van der Waals surface area contributed by atoms with E-state index in [4.69, 9.17) is 13.8 Å². The quantitative estimate of drug-likeness (QED) is 0.0842. The molecule has 3 heterocycles. The number of rotatable bonds is 10. The van der Waals surface area contributed by atoms with Crippen molar-refractivity contribution in [2.24, 2.45) is 16.7 Å². The fraction of sp³-hybridized carbons (Fsp3) is 0.447. The van der Waals surface area contributed by atoms with Crippen molar-refractivity contribution in [3.05, 3.63) is 89.5 Å². The van der Waals surface area contributed by atoms with Crippen molar-refractivity contribution in [3.8, 4) is 11.3 Å². The summed E-state index contributed by atoms with van der Waals surface area (Å²) in [6.45, 7) is 25.4. The third-order valence-corrected chi connectivity index (χ3v) is 11.6. The van der Waals surface area contributed by atoms with Crippen LogP contribution in [0.4, 0.5) is 0 Å². The molecule has 1 radical (unpaired) electrons. The number of fused-ring (bicyclic) bond motifs is 6. The molecule has 0 atom stereocenters. The minimum Gasteiger partial charge on any atom is -0.512 e. The Morgan fingerprint density at radius 1 is 0.811 bits per heavy atom. The summed E-state index contributed by atoms with van der Waals surface area (Å²) in [7, 11) is 0. The predicted molar refractivity (Wildman–Crippen MR) is 218 cm³/mol. The number of hydrogen-bond donors (Lipinski definition) is 1. The summed E-state index contributed by atoms with van der Waals surface area (Å²) in [4.78, 5) is 17.0. The molecule has 0 aliphatic rings. The second-order valence-corrected chi connectivity index (χ2v) is 16.5. The second kappa shape index (κ2) is 16.3. The van der Waals surface area contributed by atoms with E-state index in [0.717, 1.165) is 87.4 Å². The summed E-state index contributed by atoms with van der Waals surface area (Å²) in [5, 5.41) is 15.7. The van der Waals surface area contributed by atoms with Crippen LogP contribution in [0.25, 0.3) is 54.9 Å². The molecule has 6 aromatic rings. The van der Waals surface area contributed by atoms with Gasteiger partial charge in [-0.1, -0.05) is 105 Å². The van der Waals surface area contributed by atoms with Gasteiger partial charge in [0.25, 0.3) is 0 Å². The third kappa shape index (κ3) is 8.20. The number of ketones is 1. The van der Waals surface area contributed by atoms with Gasteiger partial charge in [0, 0.05) is 70.6 Å². The normalized spacial score (nSPS) is 12.8. The number of allylic oxidation sites excluding steroid dienone is 2. The van der Waals surface area contributed by atoms with Crippen LogP contribution in [0.1, 0.15) is 119 Å². The SMILES string of the molecule is CCC(C)(CC)C(=O)/C=C(\O)C(C)(CC)CC.Cc1oc2c(ccc3c4ccnc(-c5[c-]c6ccccc6c(C(C)(C)C)c5)c4oc32)c1CC(C)C.[Ir]. The van der Waals surface area contributed by atoms with Gasteiger partial charge in [-0.3, -0.25) is 9.78 Å². The molecule has 3 aromatic carbocycles. The van der Waals surface area contributed by atoms with Crippen molar-refractivity contribution < 1.29 is 38.8 Å². The van der Waals surface area contributed by atoms with Crippen molar-refractivity contribution in [1.82, 2.24) is 4.98 Å². The molecular weight excluding hydrogens is 835 g/mol. The summed E-state index contributed by atoms with van der Waals surface area (Å²) in [5.74, 6) is 1.81. The topological polar surface area (TPSA) is 76.5 Å². The Balaban J connectivity index is 0.000000299. The fourth-order valence-electron chi connectivity index (χ4n) is 7.00. The van der Waals surface area contributed by atoms with E-state index in [9.17, 15) is 9.90 Å². The average molecular weight is 893 g/mol. The smallest absolute Gasteiger partial charge is 0.177 e. The fourth-order valence-corrected chi connectivity index (χ4v) is 7.00. The zero-order valence-corrected chi connectivity index (χ0v) is 36.2. The Labute approximate surface area is 330 Å². The molecule has 0 saturated carbocycles. The van der Waals surface area contributed by atoms with Crippen LogP contribution in [0, 0.1) is 29.7 Å². The molecule has 0 saturated heterocycles. The number of hydrogen-bond acceptors (Lipinski definition) is 5. The Morgan fingerprint density at radius 2 is 1.40 bits per heavy atom. The maximum absolute atomic E-state index is 12.2. The maximum Gasteiger partial charge on any atom is 0.177 e. The zero-order valence-electron chi connectivity index (χ0n) is 33.8. The van der Waals surface area contributed by atoms with Crippen molar-refractivity contribution >= 4 is 49.5 Å². The van der Waals surface area contributed by atoms with Gasteiger partial charge in [-0.05, 0) is 68.6 Å². The first-order valence-corrected chi connectivity index (χ1v) is 19.1. The predicted octanol–water partition coefficient (Wildman–Crippen LogP) is 13.8. The molecular formula is C47H58IrNO4-. The number of carbonyl (C=O) groups is 1. The monoisotopic (exact) mass is 893 g/mol. The molecule has 0 unspecified atom stereocenters. The van der Waals surface area contributed by atoms with Crippen molar-refractivity contribution in [1.29, 1.82) is 0 Å². The number of carbonyl (C=O) groups excluding carboxylic acids is 1. The molecule has 53 heavy (non-hydrogen) atoms. The molecule has 0 spiro atoms. The molecule has 285 valence electrons. The second-order valence-electron chi connectivity index (χ2n) is 16.5. The number of aliphatic hydroxyl groups excluding tert-OH is 1. The van der Waals surface area contributed by atoms with Crippen LogP contribution in [0.5, 0.6) is 0 Å². The van der Waals surface area contributed by atoms with E-state index in [1.54, 1.807) is 0 Å². The standard InChI is InChI=1S/C32H30NO2.C15H28O2.Ir/c1-18(2)15-26-19(3)34-30-24(26)12-11-23-25-13-14-33-28(29(25)35-31(23)30)21-16-20-9-7-8-10-22(20)27(17-21)32(4,5)6;1-7-14(5,8-2)12(16)11-13(17)15(6,9-3)10-4;/h7-14,17-18H,15H2,1-6H3;11,16H,7-10H2,1-6H3;/q-1;;/b;12-11-;. The molecule has 0 fully saturated rings. The van der Waals surface area contributed by atoms with E-state index in [0.29, 0.717) is 5.92 Å². The van der Waals surface area contributed by atoms with E-state index in [-0.39, 0.29) is 47.9 Å². The van der Waals surface area contributed by atoms with Crippen LogP contribution in [0.2, 0.25) is 0 Å². The Bertz CT molecular complexity index is 2250. The molecule has 6 rings (SSSR count). The minimum atomic E-state index is -0.337. The molecule has 5 nitrogen and oxygen atoms in total. The average Bonchev–Trinajstić information content (AvgIpc) is 3.66. The van der Waals surface area contributed by atoms with Gasteiger partial charge >= 0.3 is 0 Å². The number of aryl methyl sites for hydroxylation is 1. The van der Waals surface area contributed by atoms with E-state index < -0.39 is 0 Å². The number of furan rings is 2. The summed E-state index contributed by atoms with van der Waals surface area (Å²) in [6.07, 6.45) is 7.61. The molecule has 3 aromatic heterocycles. The number of benzene rings is 3. The van der Waals surface area contributed by atoms with E-state index >= 15 is 0 Å². The van der Waals surface area contributed by atoms with Crippen LogP contribution < -0.4 is 0 Å². The Hall–Kier alpha value is -3.73. The number of aliphatic hydroxyl groups is 1. The summed E-state index contributed by atoms with van der Waals surface area (Å²) in [5.41, 5.74) is 6.09. The summed E-state index contributed by atoms with van der Waals surface area (Å²) >= 11 is 0. The van der Waals surface area contributed by atoms with Gasteiger partial charge in [-0.2, -0.15) is 0 Å². The first-order valence-electron chi connectivity index (χ1n) is 19.1. The van der Waals surface area contributed by atoms with Crippen LogP contribution in [0.3, 0.4) is 0 Å². The Morgan fingerprint density at radius 3 is 2.00 bits per heavy atom. The van der Waals surface area contributed by atoms with Crippen molar-refractivity contribution in [3.63, 3.8) is 0 Å². The molecule has 1 N–H and O–H groups in total. The summed E-state index contributed by atoms with van der Waals surface area (Å²) < 4.78 is 12.9. The van der Waals surface area contributed by atoms with Gasteiger partial charge in [0.05, 0.1) is 0 Å². The minimum absolute atomic E-state index is 0. The van der Waals surface area contributed by atoms with Gasteiger partial charge in [-0.15, -0.1) is 29.1 Å². The molecule has 0 amide bonds. The van der Waals surface area contributed by atoms with Gasteiger partial charge in [-0.25, -0.2) is 0 Å². The summed E-state index contributed by atoms with van der Waals surface area (Å²) in [6, 6.07) is 20.7. The van der Waals surface area contributed by atoms with E-state index in [1.807, 2.05) is 53.8 Å². The molecule has 0 aliphatic carbocycles. The number of nitrogens with zero attached hydrogens (tertiary/aromatic N) is 1. The number of aromatic nitrogens is 1. The van der Waals surface area contributed by atoms with Crippen molar-refractivity contribution in [2.75, 3.05) is 0 Å².